The molecule has 0 aromatic carbocycles. The van der Waals surface area contributed by atoms with Crippen molar-refractivity contribution in [2.75, 3.05) is 6.54 Å². The number of pyridine rings is 1. The third-order valence-electron chi connectivity index (χ3n) is 2.47. The van der Waals surface area contributed by atoms with Gasteiger partial charge in [0.1, 0.15) is 0 Å². The van der Waals surface area contributed by atoms with Gasteiger partial charge in [0.05, 0.1) is 0 Å². The molecule has 0 fully saturated rings. The molecule has 1 rings (SSSR count). The molecular weight excluding hydrogens is 188 g/mol. The van der Waals surface area contributed by atoms with Gasteiger partial charge >= 0.3 is 0 Å². The van der Waals surface area contributed by atoms with E-state index in [1.807, 2.05) is 12.4 Å². The van der Waals surface area contributed by atoms with Crippen LogP contribution in [-0.4, -0.2) is 17.2 Å². The van der Waals surface area contributed by atoms with Crippen molar-refractivity contribution in [1.29, 1.82) is 0 Å². The molecule has 1 atom stereocenters. The topological polar surface area (TPSA) is 34.0 Å². The second kappa shape index (κ2) is 6.40. The number of hydrogen-bond donors (Lipinski definition) is 1. The predicted molar refractivity (Wildman–Crippen MR) is 63.1 cm³/mol. The second-order valence-corrected chi connectivity index (χ2v) is 3.87. The quantitative estimate of drug-likeness (QED) is 0.771. The SMILES string of the molecule is CCNC(C)CCCn1ccc(=O)cc1. The summed E-state index contributed by atoms with van der Waals surface area (Å²) in [4.78, 5) is 10.9. The van der Waals surface area contributed by atoms with Crippen LogP contribution in [0.2, 0.25) is 0 Å². The van der Waals surface area contributed by atoms with Gasteiger partial charge in [-0.1, -0.05) is 6.92 Å². The summed E-state index contributed by atoms with van der Waals surface area (Å²) >= 11 is 0. The standard InChI is InChI=1S/C12H20N2O/c1-3-13-11(2)5-4-8-14-9-6-12(15)7-10-14/h6-7,9-11,13H,3-5,8H2,1-2H3. The molecule has 15 heavy (non-hydrogen) atoms. The lowest BCUT2D eigenvalue weighted by Gasteiger charge is -2.12. The van der Waals surface area contributed by atoms with Crippen LogP contribution in [0.4, 0.5) is 0 Å². The van der Waals surface area contributed by atoms with Gasteiger partial charge in [-0.3, -0.25) is 4.79 Å². The molecule has 84 valence electrons. The van der Waals surface area contributed by atoms with Crippen LogP contribution in [-0.2, 0) is 6.54 Å². The number of hydrogen-bond acceptors (Lipinski definition) is 2. The zero-order valence-corrected chi connectivity index (χ0v) is 9.57. The molecule has 1 N–H and O–H groups in total. The Morgan fingerprint density at radius 2 is 2.07 bits per heavy atom. The zero-order chi connectivity index (χ0) is 11.1. The predicted octanol–water partition coefficient (Wildman–Crippen LogP) is 1.63. The second-order valence-electron chi connectivity index (χ2n) is 3.87. The molecule has 3 heteroatoms. The molecule has 0 amide bonds. The summed E-state index contributed by atoms with van der Waals surface area (Å²) in [5.41, 5.74) is 0.0762. The van der Waals surface area contributed by atoms with E-state index < -0.39 is 0 Å². The first-order chi connectivity index (χ1) is 7.22. The largest absolute Gasteiger partial charge is 0.354 e. The number of rotatable bonds is 6. The van der Waals surface area contributed by atoms with Gasteiger partial charge < -0.3 is 9.88 Å². The summed E-state index contributed by atoms with van der Waals surface area (Å²) in [6, 6.07) is 3.79. The fourth-order valence-electron chi connectivity index (χ4n) is 1.62. The Balaban J connectivity index is 2.25. The van der Waals surface area contributed by atoms with Gasteiger partial charge in [0, 0.05) is 37.1 Å². The Kier molecular flexibility index (Phi) is 5.12. The maximum Gasteiger partial charge on any atom is 0.181 e. The molecule has 1 heterocycles. The highest BCUT2D eigenvalue weighted by molar-refractivity contribution is 4.93. The van der Waals surface area contributed by atoms with Crippen LogP contribution in [0.5, 0.6) is 0 Å². The average Bonchev–Trinajstić information content (AvgIpc) is 2.21. The van der Waals surface area contributed by atoms with Gasteiger partial charge in [-0.05, 0) is 26.3 Å². The van der Waals surface area contributed by atoms with Gasteiger partial charge in [-0.2, -0.15) is 0 Å². The fourth-order valence-corrected chi connectivity index (χ4v) is 1.62. The van der Waals surface area contributed by atoms with E-state index in [0.717, 1.165) is 19.5 Å². The molecule has 1 aromatic rings. The minimum atomic E-state index is 0.0762. The highest BCUT2D eigenvalue weighted by Crippen LogP contribution is 1.99. The van der Waals surface area contributed by atoms with E-state index in [9.17, 15) is 4.79 Å². The molecular formula is C12H20N2O. The van der Waals surface area contributed by atoms with Crippen LogP contribution in [0.15, 0.2) is 29.3 Å². The van der Waals surface area contributed by atoms with Gasteiger partial charge in [0.15, 0.2) is 5.43 Å². The Labute approximate surface area is 91.1 Å². The van der Waals surface area contributed by atoms with Crippen molar-refractivity contribution in [3.8, 4) is 0 Å². The van der Waals surface area contributed by atoms with Crippen molar-refractivity contribution in [2.24, 2.45) is 0 Å². The summed E-state index contributed by atoms with van der Waals surface area (Å²) in [5.74, 6) is 0. The number of nitrogens with zero attached hydrogens (tertiary/aromatic N) is 1. The minimum absolute atomic E-state index is 0.0762. The Morgan fingerprint density at radius 3 is 2.67 bits per heavy atom. The van der Waals surface area contributed by atoms with E-state index in [1.54, 1.807) is 12.1 Å². The van der Waals surface area contributed by atoms with E-state index in [2.05, 4.69) is 23.7 Å². The first kappa shape index (κ1) is 12.0. The van der Waals surface area contributed by atoms with E-state index in [0.29, 0.717) is 6.04 Å². The normalized spacial score (nSPS) is 12.7. The van der Waals surface area contributed by atoms with Crippen LogP contribution in [0, 0.1) is 0 Å². The van der Waals surface area contributed by atoms with Crippen molar-refractivity contribution in [3.63, 3.8) is 0 Å². The molecule has 0 saturated carbocycles. The molecule has 0 saturated heterocycles. The number of aryl methyl sites for hydroxylation is 1. The molecule has 1 unspecified atom stereocenters. The first-order valence-corrected chi connectivity index (χ1v) is 5.62. The Hall–Kier alpha value is -1.09. The lowest BCUT2D eigenvalue weighted by Crippen LogP contribution is -2.25. The smallest absolute Gasteiger partial charge is 0.181 e. The van der Waals surface area contributed by atoms with E-state index in [1.165, 1.54) is 6.42 Å². The van der Waals surface area contributed by atoms with Gasteiger partial charge in [-0.25, -0.2) is 0 Å². The third kappa shape index (κ3) is 4.79. The third-order valence-corrected chi connectivity index (χ3v) is 2.47. The molecule has 0 aliphatic carbocycles. The summed E-state index contributed by atoms with van der Waals surface area (Å²) in [7, 11) is 0. The van der Waals surface area contributed by atoms with E-state index in [4.69, 9.17) is 0 Å². The molecule has 0 bridgehead atoms. The van der Waals surface area contributed by atoms with E-state index in [-0.39, 0.29) is 5.43 Å². The Morgan fingerprint density at radius 1 is 1.40 bits per heavy atom. The van der Waals surface area contributed by atoms with Gasteiger partial charge in [0.25, 0.3) is 0 Å². The van der Waals surface area contributed by atoms with Gasteiger partial charge in [-0.15, -0.1) is 0 Å². The van der Waals surface area contributed by atoms with Crippen molar-refractivity contribution in [2.45, 2.75) is 39.3 Å². The highest BCUT2D eigenvalue weighted by atomic mass is 16.1. The molecule has 0 radical (unpaired) electrons. The van der Waals surface area contributed by atoms with Crippen molar-refractivity contribution in [1.82, 2.24) is 9.88 Å². The van der Waals surface area contributed by atoms with Crippen LogP contribution >= 0.6 is 0 Å². The van der Waals surface area contributed by atoms with Crippen molar-refractivity contribution < 1.29 is 0 Å². The van der Waals surface area contributed by atoms with Crippen LogP contribution in [0.1, 0.15) is 26.7 Å². The van der Waals surface area contributed by atoms with Gasteiger partial charge in [0.2, 0.25) is 0 Å². The van der Waals surface area contributed by atoms with Crippen LogP contribution < -0.4 is 10.7 Å². The Bertz CT molecular complexity index is 312. The highest BCUT2D eigenvalue weighted by Gasteiger charge is 1.98. The van der Waals surface area contributed by atoms with Crippen molar-refractivity contribution >= 4 is 0 Å². The zero-order valence-electron chi connectivity index (χ0n) is 9.57. The van der Waals surface area contributed by atoms with Crippen LogP contribution in [0.3, 0.4) is 0 Å². The minimum Gasteiger partial charge on any atom is -0.354 e. The average molecular weight is 208 g/mol. The summed E-state index contributed by atoms with van der Waals surface area (Å²) in [6.07, 6.45) is 6.00. The summed E-state index contributed by atoms with van der Waals surface area (Å²) in [5, 5.41) is 3.38. The first-order valence-electron chi connectivity index (χ1n) is 5.62. The summed E-state index contributed by atoms with van der Waals surface area (Å²) < 4.78 is 2.06. The van der Waals surface area contributed by atoms with E-state index >= 15 is 0 Å². The maximum absolute atomic E-state index is 10.9. The molecule has 0 aliphatic rings. The fraction of sp³-hybridized carbons (Fsp3) is 0.583. The number of nitrogens with one attached hydrogen (secondary N) is 1. The summed E-state index contributed by atoms with van der Waals surface area (Å²) in [6.45, 7) is 6.34. The maximum atomic E-state index is 10.9. The molecule has 3 nitrogen and oxygen atoms in total. The molecule has 0 aliphatic heterocycles. The molecule has 1 aromatic heterocycles. The monoisotopic (exact) mass is 208 g/mol. The lowest BCUT2D eigenvalue weighted by atomic mass is 10.2. The number of aromatic nitrogens is 1. The molecule has 0 spiro atoms. The van der Waals surface area contributed by atoms with Crippen LogP contribution in [0.25, 0.3) is 0 Å². The lowest BCUT2D eigenvalue weighted by molar-refractivity contribution is 0.485. The van der Waals surface area contributed by atoms with Crippen molar-refractivity contribution in [3.05, 3.63) is 34.7 Å².